The largest absolute Gasteiger partial charge is 0.268 e. The van der Waals surface area contributed by atoms with Crippen LogP contribution in [0, 0.1) is 6.92 Å². The molecule has 15 heavy (non-hydrogen) atoms. The number of hydrogen-bond donors (Lipinski definition) is 0. The molecular formula is C13H18N2. The zero-order valence-electron chi connectivity index (χ0n) is 9.86. The highest BCUT2D eigenvalue weighted by Gasteiger charge is 2.00. The Hall–Kier alpha value is -1.57. The number of aromatic nitrogens is 2. The van der Waals surface area contributed by atoms with Crippen LogP contribution in [0.3, 0.4) is 0 Å². The molecule has 2 nitrogen and oxygen atoms in total. The Morgan fingerprint density at radius 1 is 1.00 bits per heavy atom. The summed E-state index contributed by atoms with van der Waals surface area (Å²) in [6.45, 7) is 6.09. The lowest BCUT2D eigenvalue weighted by Crippen LogP contribution is -1.92. The predicted molar refractivity (Wildman–Crippen MR) is 64.7 cm³/mol. The van der Waals surface area contributed by atoms with Gasteiger partial charge in [-0.1, -0.05) is 43.7 Å². The molecule has 1 aromatic heterocycles. The molecule has 0 spiro atoms. The van der Waals surface area contributed by atoms with Gasteiger partial charge in [0.25, 0.3) is 0 Å². The smallest absolute Gasteiger partial charge is 0.0678 e. The predicted octanol–water partition coefficient (Wildman–Crippen LogP) is 3.42. The minimum atomic E-state index is 1.15. The molecule has 1 aromatic carbocycles. The van der Waals surface area contributed by atoms with E-state index in [9.17, 15) is 0 Å². The van der Waals surface area contributed by atoms with E-state index in [4.69, 9.17) is 0 Å². The number of benzene rings is 1. The number of aryl methyl sites for hydroxylation is 2. The second kappa shape index (κ2) is 5.35. The molecule has 0 amide bonds. The summed E-state index contributed by atoms with van der Waals surface area (Å²) in [6.07, 6.45) is 1.81. The molecule has 0 fully saturated rings. The molecule has 0 aliphatic rings. The number of hydrogen-bond acceptors (Lipinski definition) is 1. The van der Waals surface area contributed by atoms with Crippen LogP contribution in [-0.2, 0) is 7.05 Å². The van der Waals surface area contributed by atoms with Gasteiger partial charge in [0, 0.05) is 13.2 Å². The SMILES string of the molecule is CC.Cc1ccc(-c2ccnn2C)cc1. The number of rotatable bonds is 1. The second-order valence-electron chi connectivity index (χ2n) is 3.21. The molecule has 0 atom stereocenters. The highest BCUT2D eigenvalue weighted by atomic mass is 15.2. The Balaban J connectivity index is 0.000000531. The molecule has 80 valence electrons. The van der Waals surface area contributed by atoms with E-state index < -0.39 is 0 Å². The fourth-order valence-electron chi connectivity index (χ4n) is 1.38. The van der Waals surface area contributed by atoms with Gasteiger partial charge in [-0.2, -0.15) is 5.10 Å². The lowest BCUT2D eigenvalue weighted by atomic mass is 10.1. The summed E-state index contributed by atoms with van der Waals surface area (Å²) in [5.41, 5.74) is 3.65. The van der Waals surface area contributed by atoms with E-state index in [1.807, 2.05) is 37.8 Å². The Morgan fingerprint density at radius 3 is 2.07 bits per heavy atom. The van der Waals surface area contributed by atoms with Crippen molar-refractivity contribution in [3.8, 4) is 11.3 Å². The van der Waals surface area contributed by atoms with E-state index in [1.54, 1.807) is 0 Å². The first kappa shape index (κ1) is 11.5. The van der Waals surface area contributed by atoms with Crippen LogP contribution in [-0.4, -0.2) is 9.78 Å². The van der Waals surface area contributed by atoms with Crippen molar-refractivity contribution >= 4 is 0 Å². The van der Waals surface area contributed by atoms with Crippen molar-refractivity contribution in [2.24, 2.45) is 7.05 Å². The van der Waals surface area contributed by atoms with Crippen LogP contribution >= 0.6 is 0 Å². The van der Waals surface area contributed by atoms with E-state index >= 15 is 0 Å². The van der Waals surface area contributed by atoms with E-state index in [1.165, 1.54) is 11.1 Å². The average molecular weight is 202 g/mol. The Bertz CT molecular complexity index is 399. The topological polar surface area (TPSA) is 17.8 Å². The van der Waals surface area contributed by atoms with Gasteiger partial charge in [-0.25, -0.2) is 0 Å². The van der Waals surface area contributed by atoms with E-state index in [2.05, 4.69) is 36.3 Å². The lowest BCUT2D eigenvalue weighted by Gasteiger charge is -2.01. The molecule has 0 aliphatic carbocycles. The highest BCUT2D eigenvalue weighted by Crippen LogP contribution is 2.17. The lowest BCUT2D eigenvalue weighted by molar-refractivity contribution is 0.776. The molecule has 0 aliphatic heterocycles. The van der Waals surface area contributed by atoms with Crippen molar-refractivity contribution in [1.82, 2.24) is 9.78 Å². The molecule has 2 aromatic rings. The second-order valence-corrected chi connectivity index (χ2v) is 3.21. The summed E-state index contributed by atoms with van der Waals surface area (Å²) >= 11 is 0. The molecular weight excluding hydrogens is 184 g/mol. The Kier molecular flexibility index (Phi) is 4.10. The van der Waals surface area contributed by atoms with E-state index in [0.717, 1.165) is 5.69 Å². The maximum atomic E-state index is 4.13. The van der Waals surface area contributed by atoms with Crippen LogP contribution in [0.1, 0.15) is 19.4 Å². The van der Waals surface area contributed by atoms with Crippen LogP contribution < -0.4 is 0 Å². The quantitative estimate of drug-likeness (QED) is 0.692. The van der Waals surface area contributed by atoms with Crippen molar-refractivity contribution in [2.45, 2.75) is 20.8 Å². The van der Waals surface area contributed by atoms with E-state index in [0.29, 0.717) is 0 Å². The maximum Gasteiger partial charge on any atom is 0.0678 e. The van der Waals surface area contributed by atoms with Gasteiger partial charge >= 0.3 is 0 Å². The van der Waals surface area contributed by atoms with Gasteiger partial charge in [0.1, 0.15) is 0 Å². The monoisotopic (exact) mass is 202 g/mol. The van der Waals surface area contributed by atoms with Gasteiger partial charge in [-0.15, -0.1) is 0 Å². The minimum Gasteiger partial charge on any atom is -0.268 e. The van der Waals surface area contributed by atoms with Crippen LogP contribution in [0.5, 0.6) is 0 Å². The van der Waals surface area contributed by atoms with Gasteiger partial charge < -0.3 is 0 Å². The van der Waals surface area contributed by atoms with E-state index in [-0.39, 0.29) is 0 Å². The van der Waals surface area contributed by atoms with Crippen LogP contribution in [0.15, 0.2) is 36.5 Å². The average Bonchev–Trinajstić information content (AvgIpc) is 2.69. The van der Waals surface area contributed by atoms with Crippen molar-refractivity contribution in [1.29, 1.82) is 0 Å². The van der Waals surface area contributed by atoms with Gasteiger partial charge in [-0.3, -0.25) is 4.68 Å². The molecule has 0 saturated carbocycles. The highest BCUT2D eigenvalue weighted by molar-refractivity contribution is 5.59. The normalized spacial score (nSPS) is 9.33. The van der Waals surface area contributed by atoms with Gasteiger partial charge in [0.05, 0.1) is 5.69 Å². The molecule has 0 N–H and O–H groups in total. The fraction of sp³-hybridized carbons (Fsp3) is 0.308. The summed E-state index contributed by atoms with van der Waals surface area (Å²) in [6, 6.07) is 10.5. The van der Waals surface area contributed by atoms with Gasteiger partial charge in [0.15, 0.2) is 0 Å². The van der Waals surface area contributed by atoms with Crippen LogP contribution in [0.2, 0.25) is 0 Å². The zero-order valence-corrected chi connectivity index (χ0v) is 9.86. The molecule has 1 heterocycles. The molecule has 0 unspecified atom stereocenters. The van der Waals surface area contributed by atoms with Crippen molar-refractivity contribution in [3.63, 3.8) is 0 Å². The summed E-state index contributed by atoms with van der Waals surface area (Å²) in [4.78, 5) is 0. The first-order valence-corrected chi connectivity index (χ1v) is 5.32. The summed E-state index contributed by atoms with van der Waals surface area (Å²) in [5, 5.41) is 4.13. The third kappa shape index (κ3) is 2.69. The Labute approximate surface area is 91.6 Å². The standard InChI is InChI=1S/C11H12N2.C2H6/c1-9-3-5-10(6-4-9)11-7-8-12-13(11)2;1-2/h3-8H,1-2H3;1-2H3. The van der Waals surface area contributed by atoms with Gasteiger partial charge in [-0.05, 0) is 18.6 Å². The summed E-state index contributed by atoms with van der Waals surface area (Å²) in [5.74, 6) is 0. The van der Waals surface area contributed by atoms with Crippen molar-refractivity contribution < 1.29 is 0 Å². The summed E-state index contributed by atoms with van der Waals surface area (Å²) < 4.78 is 1.88. The maximum absolute atomic E-state index is 4.13. The first-order valence-electron chi connectivity index (χ1n) is 5.32. The molecule has 0 radical (unpaired) electrons. The number of nitrogens with zero attached hydrogens (tertiary/aromatic N) is 2. The van der Waals surface area contributed by atoms with Crippen LogP contribution in [0.25, 0.3) is 11.3 Å². The van der Waals surface area contributed by atoms with Gasteiger partial charge in [0.2, 0.25) is 0 Å². The van der Waals surface area contributed by atoms with Crippen molar-refractivity contribution in [2.75, 3.05) is 0 Å². The third-order valence-electron chi connectivity index (χ3n) is 2.17. The fourth-order valence-corrected chi connectivity index (χ4v) is 1.38. The zero-order chi connectivity index (χ0) is 11.3. The first-order chi connectivity index (χ1) is 7.27. The molecule has 0 saturated heterocycles. The molecule has 0 bridgehead atoms. The van der Waals surface area contributed by atoms with Crippen LogP contribution in [0.4, 0.5) is 0 Å². The molecule has 2 rings (SSSR count). The summed E-state index contributed by atoms with van der Waals surface area (Å²) in [7, 11) is 1.95. The minimum absolute atomic E-state index is 1.15. The molecule has 2 heteroatoms. The third-order valence-corrected chi connectivity index (χ3v) is 2.17. The Morgan fingerprint density at radius 2 is 1.60 bits per heavy atom. The van der Waals surface area contributed by atoms with Crippen molar-refractivity contribution in [3.05, 3.63) is 42.1 Å².